The number of carbonyl (C=O) groups is 1. The van der Waals surface area contributed by atoms with E-state index in [1.54, 1.807) is 18.1 Å². The fraction of sp³-hybridized carbons (Fsp3) is 0.222. The van der Waals surface area contributed by atoms with Crippen LogP contribution in [0.25, 0.3) is 0 Å². The van der Waals surface area contributed by atoms with E-state index in [4.69, 9.17) is 9.15 Å². The van der Waals surface area contributed by atoms with Gasteiger partial charge in [0.05, 0.1) is 19.6 Å². The lowest BCUT2D eigenvalue weighted by atomic mass is 9.87. The van der Waals surface area contributed by atoms with E-state index in [1.165, 1.54) is 0 Å². The third-order valence-corrected chi connectivity index (χ3v) is 4.29. The minimum atomic E-state index is -0.00971. The van der Waals surface area contributed by atoms with Crippen LogP contribution in [0.1, 0.15) is 29.2 Å². The van der Waals surface area contributed by atoms with Crippen LogP contribution in [-0.2, 0) is 11.3 Å². The number of benzene rings is 1. The molecule has 1 aromatic carbocycles. The number of methoxy groups -OCH3 is 1. The van der Waals surface area contributed by atoms with E-state index in [9.17, 15) is 4.79 Å². The van der Waals surface area contributed by atoms with Gasteiger partial charge < -0.3 is 14.5 Å². The minimum Gasteiger partial charge on any atom is -0.497 e. The van der Waals surface area contributed by atoms with Crippen molar-refractivity contribution in [1.82, 2.24) is 9.78 Å². The summed E-state index contributed by atoms with van der Waals surface area (Å²) in [6.45, 7) is 0.484. The molecule has 3 aromatic rings. The molecule has 2 aromatic heterocycles. The fourth-order valence-corrected chi connectivity index (χ4v) is 3.07. The number of hydrogen-bond acceptors (Lipinski definition) is 4. The van der Waals surface area contributed by atoms with Gasteiger partial charge in [0, 0.05) is 17.9 Å². The van der Waals surface area contributed by atoms with Crippen molar-refractivity contribution in [3.8, 4) is 5.75 Å². The molecule has 0 spiro atoms. The van der Waals surface area contributed by atoms with Gasteiger partial charge >= 0.3 is 0 Å². The standard InChI is InChI=1S/C18H17N3O3/c1-23-13-6-4-12(5-7-13)15-9-17(22)20-18-16(15)10-19-21(18)11-14-3-2-8-24-14/h2-8,10,15H,9,11H2,1H3,(H,20,22)/t15-/m1/s1. The first-order valence-corrected chi connectivity index (χ1v) is 7.76. The Morgan fingerprint density at radius 1 is 1.33 bits per heavy atom. The Morgan fingerprint density at radius 2 is 2.17 bits per heavy atom. The molecular weight excluding hydrogens is 306 g/mol. The Balaban J connectivity index is 1.69. The van der Waals surface area contributed by atoms with Crippen LogP contribution >= 0.6 is 0 Å². The van der Waals surface area contributed by atoms with Crippen molar-refractivity contribution < 1.29 is 13.9 Å². The number of nitrogens with zero attached hydrogens (tertiary/aromatic N) is 2. The van der Waals surface area contributed by atoms with E-state index in [2.05, 4.69) is 10.4 Å². The monoisotopic (exact) mass is 323 g/mol. The maximum Gasteiger partial charge on any atom is 0.226 e. The number of amides is 1. The Kier molecular flexibility index (Phi) is 3.57. The molecule has 0 bridgehead atoms. The molecule has 1 N–H and O–H groups in total. The molecule has 1 atom stereocenters. The lowest BCUT2D eigenvalue weighted by molar-refractivity contribution is -0.116. The zero-order chi connectivity index (χ0) is 16.5. The van der Waals surface area contributed by atoms with Gasteiger partial charge in [0.25, 0.3) is 0 Å². The molecule has 0 radical (unpaired) electrons. The highest BCUT2D eigenvalue weighted by molar-refractivity contribution is 5.94. The maximum absolute atomic E-state index is 12.2. The number of aromatic nitrogens is 2. The lowest BCUT2D eigenvalue weighted by Gasteiger charge is -2.23. The van der Waals surface area contributed by atoms with Crippen molar-refractivity contribution in [2.45, 2.75) is 18.9 Å². The Hall–Kier alpha value is -3.02. The Bertz CT molecular complexity index is 850. The lowest BCUT2D eigenvalue weighted by Crippen LogP contribution is -2.25. The van der Waals surface area contributed by atoms with E-state index in [1.807, 2.05) is 42.6 Å². The van der Waals surface area contributed by atoms with Gasteiger partial charge in [-0.1, -0.05) is 12.1 Å². The molecule has 0 unspecified atom stereocenters. The molecule has 1 aliphatic rings. The largest absolute Gasteiger partial charge is 0.497 e. The topological polar surface area (TPSA) is 69.3 Å². The highest BCUT2D eigenvalue weighted by Crippen LogP contribution is 2.37. The van der Waals surface area contributed by atoms with Crippen molar-refractivity contribution in [1.29, 1.82) is 0 Å². The highest BCUT2D eigenvalue weighted by atomic mass is 16.5. The van der Waals surface area contributed by atoms with Crippen LogP contribution in [0.15, 0.2) is 53.3 Å². The van der Waals surface area contributed by atoms with Gasteiger partial charge in [0.15, 0.2) is 0 Å². The number of carbonyl (C=O) groups excluding carboxylic acids is 1. The first-order valence-electron chi connectivity index (χ1n) is 7.76. The van der Waals surface area contributed by atoms with Crippen molar-refractivity contribution in [2.24, 2.45) is 0 Å². The van der Waals surface area contributed by atoms with Gasteiger partial charge in [-0.25, -0.2) is 4.68 Å². The highest BCUT2D eigenvalue weighted by Gasteiger charge is 2.30. The second-order valence-corrected chi connectivity index (χ2v) is 5.76. The van der Waals surface area contributed by atoms with E-state index in [0.717, 1.165) is 28.5 Å². The van der Waals surface area contributed by atoms with Crippen LogP contribution < -0.4 is 10.1 Å². The molecule has 6 nitrogen and oxygen atoms in total. The third kappa shape index (κ3) is 2.56. The Labute approximate surface area is 139 Å². The number of fused-ring (bicyclic) bond motifs is 1. The maximum atomic E-state index is 12.2. The normalized spacial score (nSPS) is 16.5. The van der Waals surface area contributed by atoms with Crippen molar-refractivity contribution >= 4 is 11.7 Å². The second kappa shape index (κ2) is 5.88. The molecule has 122 valence electrons. The summed E-state index contributed by atoms with van der Waals surface area (Å²) in [4.78, 5) is 12.2. The first kappa shape index (κ1) is 14.6. The summed E-state index contributed by atoms with van der Waals surface area (Å²) in [5.74, 6) is 2.31. The zero-order valence-electron chi connectivity index (χ0n) is 13.2. The molecule has 1 aliphatic heterocycles. The summed E-state index contributed by atoms with van der Waals surface area (Å²) in [6, 6.07) is 11.5. The molecule has 1 amide bonds. The number of furan rings is 1. The predicted molar refractivity (Wildman–Crippen MR) is 88.1 cm³/mol. The molecule has 3 heterocycles. The van der Waals surface area contributed by atoms with Crippen LogP contribution in [0.4, 0.5) is 5.82 Å². The van der Waals surface area contributed by atoms with Crippen LogP contribution in [0, 0.1) is 0 Å². The average Bonchev–Trinajstić information content (AvgIpc) is 3.25. The van der Waals surface area contributed by atoms with Crippen molar-refractivity contribution in [3.63, 3.8) is 0 Å². The van der Waals surface area contributed by atoms with Gasteiger partial charge in [-0.05, 0) is 29.8 Å². The van der Waals surface area contributed by atoms with Crippen LogP contribution in [0.3, 0.4) is 0 Å². The van der Waals surface area contributed by atoms with E-state index in [0.29, 0.717) is 13.0 Å². The summed E-state index contributed by atoms with van der Waals surface area (Å²) in [7, 11) is 1.64. The molecule has 6 heteroatoms. The van der Waals surface area contributed by atoms with E-state index < -0.39 is 0 Å². The summed E-state index contributed by atoms with van der Waals surface area (Å²) >= 11 is 0. The molecule has 24 heavy (non-hydrogen) atoms. The zero-order valence-corrected chi connectivity index (χ0v) is 13.2. The number of hydrogen-bond donors (Lipinski definition) is 1. The molecular formula is C18H17N3O3. The number of ether oxygens (including phenoxy) is 1. The predicted octanol–water partition coefficient (Wildman–Crippen LogP) is 3.01. The van der Waals surface area contributed by atoms with Crippen LogP contribution in [-0.4, -0.2) is 22.8 Å². The SMILES string of the molecule is COc1ccc([C@H]2CC(=O)Nc3c2cnn3Cc2ccco2)cc1. The quantitative estimate of drug-likeness (QED) is 0.801. The summed E-state index contributed by atoms with van der Waals surface area (Å²) in [5.41, 5.74) is 2.09. The summed E-state index contributed by atoms with van der Waals surface area (Å²) in [5, 5.41) is 7.37. The van der Waals surface area contributed by atoms with Gasteiger partial charge in [-0.2, -0.15) is 5.10 Å². The average molecular weight is 323 g/mol. The molecule has 0 aliphatic carbocycles. The van der Waals surface area contributed by atoms with Crippen LogP contribution in [0.5, 0.6) is 5.75 Å². The summed E-state index contributed by atoms with van der Waals surface area (Å²) in [6.07, 6.45) is 3.86. The molecule has 0 fully saturated rings. The minimum absolute atomic E-state index is 0.00925. The second-order valence-electron chi connectivity index (χ2n) is 5.76. The number of rotatable bonds is 4. The van der Waals surface area contributed by atoms with Gasteiger partial charge in [-0.15, -0.1) is 0 Å². The van der Waals surface area contributed by atoms with Crippen LogP contribution in [0.2, 0.25) is 0 Å². The first-order chi connectivity index (χ1) is 11.7. The molecule has 0 saturated heterocycles. The Morgan fingerprint density at radius 3 is 2.88 bits per heavy atom. The number of nitrogens with one attached hydrogen (secondary N) is 1. The molecule has 0 saturated carbocycles. The van der Waals surface area contributed by atoms with Gasteiger partial charge in [0.1, 0.15) is 23.9 Å². The fourth-order valence-electron chi connectivity index (χ4n) is 3.07. The van der Waals surface area contributed by atoms with E-state index in [-0.39, 0.29) is 11.8 Å². The number of anilines is 1. The van der Waals surface area contributed by atoms with Crippen molar-refractivity contribution in [2.75, 3.05) is 12.4 Å². The van der Waals surface area contributed by atoms with E-state index >= 15 is 0 Å². The summed E-state index contributed by atoms with van der Waals surface area (Å²) < 4.78 is 12.3. The van der Waals surface area contributed by atoms with Gasteiger partial charge in [0.2, 0.25) is 5.91 Å². The van der Waals surface area contributed by atoms with Gasteiger partial charge in [-0.3, -0.25) is 4.79 Å². The smallest absolute Gasteiger partial charge is 0.226 e. The molecule has 4 rings (SSSR count). The van der Waals surface area contributed by atoms with Crippen molar-refractivity contribution in [3.05, 3.63) is 65.7 Å². The third-order valence-electron chi connectivity index (χ3n) is 4.29.